The van der Waals surface area contributed by atoms with Crippen LogP contribution in [0, 0.1) is 12.7 Å². The maximum absolute atomic E-state index is 14.6. The molecule has 2 saturated heterocycles. The Morgan fingerprint density at radius 3 is 2.79 bits per heavy atom. The normalized spacial score (nSPS) is 19.7. The molecule has 0 saturated carbocycles. The molecular formula is C21H19ClFN3OS. The number of benzene rings is 2. The molecule has 1 N–H and O–H groups in total. The van der Waals surface area contributed by atoms with E-state index in [2.05, 4.69) is 15.2 Å². The largest absolute Gasteiger partial charge is 0.371 e. The van der Waals surface area contributed by atoms with Gasteiger partial charge in [0.15, 0.2) is 5.17 Å². The van der Waals surface area contributed by atoms with E-state index in [4.69, 9.17) is 11.6 Å². The van der Waals surface area contributed by atoms with Crippen molar-refractivity contribution < 1.29 is 9.18 Å². The first kappa shape index (κ1) is 19.0. The van der Waals surface area contributed by atoms with Gasteiger partial charge in [0.1, 0.15) is 5.82 Å². The summed E-state index contributed by atoms with van der Waals surface area (Å²) in [7, 11) is 0. The van der Waals surface area contributed by atoms with Crippen LogP contribution in [0.5, 0.6) is 0 Å². The van der Waals surface area contributed by atoms with E-state index in [9.17, 15) is 9.18 Å². The zero-order valence-electron chi connectivity index (χ0n) is 15.3. The minimum atomic E-state index is -0.332. The molecule has 0 radical (unpaired) electrons. The quantitative estimate of drug-likeness (QED) is 0.693. The van der Waals surface area contributed by atoms with Crippen molar-refractivity contribution in [2.75, 3.05) is 18.0 Å². The van der Waals surface area contributed by atoms with Crippen molar-refractivity contribution in [3.8, 4) is 0 Å². The molecule has 2 aliphatic rings. The van der Waals surface area contributed by atoms with Crippen molar-refractivity contribution in [3.05, 3.63) is 63.3 Å². The van der Waals surface area contributed by atoms with Gasteiger partial charge < -0.3 is 10.2 Å². The highest BCUT2D eigenvalue weighted by atomic mass is 35.5. The Balaban J connectivity index is 1.56. The Kier molecular flexibility index (Phi) is 5.42. The summed E-state index contributed by atoms with van der Waals surface area (Å²) in [5, 5.41) is 3.80. The zero-order valence-corrected chi connectivity index (χ0v) is 16.9. The first-order valence-electron chi connectivity index (χ1n) is 9.10. The second-order valence-corrected chi connectivity index (χ2v) is 8.20. The molecule has 2 heterocycles. The predicted molar refractivity (Wildman–Crippen MR) is 115 cm³/mol. The summed E-state index contributed by atoms with van der Waals surface area (Å²) >= 11 is 7.31. The smallest absolute Gasteiger partial charge is 0.264 e. The molecule has 0 spiro atoms. The molecule has 4 nitrogen and oxygen atoms in total. The second kappa shape index (κ2) is 7.97. The van der Waals surface area contributed by atoms with Crippen molar-refractivity contribution in [3.63, 3.8) is 0 Å². The molecule has 7 heteroatoms. The monoisotopic (exact) mass is 415 g/mol. The third kappa shape index (κ3) is 3.93. The fourth-order valence-corrected chi connectivity index (χ4v) is 4.25. The van der Waals surface area contributed by atoms with Crippen LogP contribution in [0.25, 0.3) is 6.08 Å². The number of anilines is 1. The molecule has 2 fully saturated rings. The molecule has 144 valence electrons. The molecule has 0 atom stereocenters. The van der Waals surface area contributed by atoms with E-state index < -0.39 is 0 Å². The van der Waals surface area contributed by atoms with Crippen molar-refractivity contribution in [2.45, 2.75) is 19.8 Å². The molecule has 0 aliphatic carbocycles. The number of amidine groups is 1. The lowest BCUT2D eigenvalue weighted by Gasteiger charge is -2.17. The van der Waals surface area contributed by atoms with E-state index in [-0.39, 0.29) is 11.7 Å². The van der Waals surface area contributed by atoms with Crippen molar-refractivity contribution >= 4 is 51.9 Å². The lowest BCUT2D eigenvalue weighted by Crippen LogP contribution is -2.19. The number of rotatable bonds is 3. The number of hydrogen-bond donors (Lipinski definition) is 1. The van der Waals surface area contributed by atoms with E-state index in [1.165, 1.54) is 11.8 Å². The summed E-state index contributed by atoms with van der Waals surface area (Å²) in [4.78, 5) is 19.3. The molecule has 2 aliphatic heterocycles. The zero-order chi connectivity index (χ0) is 19.7. The van der Waals surface area contributed by atoms with Gasteiger partial charge in [0.25, 0.3) is 5.91 Å². The Labute approximate surface area is 172 Å². The summed E-state index contributed by atoms with van der Waals surface area (Å²) in [5.41, 5.74) is 2.81. The average Bonchev–Trinajstić information content (AvgIpc) is 3.31. The van der Waals surface area contributed by atoms with Crippen LogP contribution in [-0.2, 0) is 4.79 Å². The van der Waals surface area contributed by atoms with Gasteiger partial charge in [-0.05, 0) is 73.5 Å². The minimum Gasteiger partial charge on any atom is -0.371 e. The first-order chi connectivity index (χ1) is 13.5. The summed E-state index contributed by atoms with van der Waals surface area (Å²) in [5.74, 6) is -0.618. The molecule has 2 aromatic carbocycles. The third-order valence-corrected chi connectivity index (χ3v) is 6.17. The molecular weight excluding hydrogens is 397 g/mol. The predicted octanol–water partition coefficient (Wildman–Crippen LogP) is 5.28. The van der Waals surface area contributed by atoms with E-state index in [0.29, 0.717) is 26.3 Å². The van der Waals surface area contributed by atoms with Gasteiger partial charge >= 0.3 is 0 Å². The van der Waals surface area contributed by atoms with Crippen LogP contribution in [0.4, 0.5) is 15.8 Å². The SMILES string of the molecule is Cc1c(Cl)cccc1N=C1NC(=O)/C(=C\c2ccc(N3CCCC3)cc2F)S1. The minimum absolute atomic E-state index is 0.286. The topological polar surface area (TPSA) is 44.7 Å². The van der Waals surface area contributed by atoms with Gasteiger partial charge in [-0.25, -0.2) is 9.38 Å². The molecule has 0 bridgehead atoms. The Bertz CT molecular complexity index is 999. The number of amides is 1. The number of carbonyl (C=O) groups is 1. The highest BCUT2D eigenvalue weighted by molar-refractivity contribution is 8.18. The van der Waals surface area contributed by atoms with Crippen LogP contribution in [0.15, 0.2) is 46.3 Å². The van der Waals surface area contributed by atoms with E-state index in [0.717, 1.165) is 37.2 Å². The number of hydrogen-bond acceptors (Lipinski definition) is 4. The summed E-state index contributed by atoms with van der Waals surface area (Å²) < 4.78 is 14.6. The van der Waals surface area contributed by atoms with Crippen molar-refractivity contribution in [1.29, 1.82) is 0 Å². The maximum Gasteiger partial charge on any atom is 0.264 e. The van der Waals surface area contributed by atoms with Gasteiger partial charge in [0.2, 0.25) is 0 Å². The number of halogens is 2. The van der Waals surface area contributed by atoms with Gasteiger partial charge in [-0.2, -0.15) is 0 Å². The van der Waals surface area contributed by atoms with Gasteiger partial charge in [-0.3, -0.25) is 4.79 Å². The summed E-state index contributed by atoms with van der Waals surface area (Å²) in [6, 6.07) is 10.6. The molecule has 28 heavy (non-hydrogen) atoms. The van der Waals surface area contributed by atoms with Gasteiger partial charge in [0.05, 0.1) is 10.6 Å². The van der Waals surface area contributed by atoms with Crippen LogP contribution in [0.1, 0.15) is 24.0 Å². The van der Waals surface area contributed by atoms with E-state index in [1.807, 2.05) is 25.1 Å². The Morgan fingerprint density at radius 1 is 1.25 bits per heavy atom. The number of aliphatic imine (C=N–C) groups is 1. The second-order valence-electron chi connectivity index (χ2n) is 6.77. The first-order valence-corrected chi connectivity index (χ1v) is 10.3. The van der Waals surface area contributed by atoms with Crippen LogP contribution < -0.4 is 10.2 Å². The molecule has 0 unspecified atom stereocenters. The van der Waals surface area contributed by atoms with Gasteiger partial charge in [-0.1, -0.05) is 17.7 Å². The standard InChI is InChI=1S/C21H19ClFN3OS/c1-13-16(22)5-4-6-18(13)24-21-25-20(27)19(28-21)11-14-7-8-15(12-17(14)23)26-9-2-3-10-26/h4-8,11-12H,2-3,9-10H2,1H3,(H,24,25,27)/b19-11+. The van der Waals surface area contributed by atoms with Crippen LogP contribution in [0.3, 0.4) is 0 Å². The third-order valence-electron chi connectivity index (χ3n) is 4.85. The van der Waals surface area contributed by atoms with Crippen LogP contribution in [0.2, 0.25) is 5.02 Å². The van der Waals surface area contributed by atoms with E-state index >= 15 is 0 Å². The summed E-state index contributed by atoms with van der Waals surface area (Å²) in [6.07, 6.45) is 3.84. The van der Waals surface area contributed by atoms with E-state index in [1.54, 1.807) is 24.3 Å². The highest BCUT2D eigenvalue weighted by Crippen LogP contribution is 2.32. The van der Waals surface area contributed by atoms with Crippen molar-refractivity contribution in [2.24, 2.45) is 4.99 Å². The number of carbonyl (C=O) groups excluding carboxylic acids is 1. The van der Waals surface area contributed by atoms with Crippen LogP contribution >= 0.6 is 23.4 Å². The Hall–Kier alpha value is -2.31. The summed E-state index contributed by atoms with van der Waals surface area (Å²) in [6.45, 7) is 3.79. The number of thioether (sulfide) groups is 1. The molecule has 2 aromatic rings. The molecule has 0 aromatic heterocycles. The highest BCUT2D eigenvalue weighted by Gasteiger charge is 2.24. The fourth-order valence-electron chi connectivity index (χ4n) is 3.25. The maximum atomic E-state index is 14.6. The fraction of sp³-hybridized carbons (Fsp3) is 0.238. The van der Waals surface area contributed by atoms with Gasteiger partial charge in [-0.15, -0.1) is 0 Å². The van der Waals surface area contributed by atoms with Crippen LogP contribution in [-0.4, -0.2) is 24.2 Å². The number of nitrogens with zero attached hydrogens (tertiary/aromatic N) is 2. The average molecular weight is 416 g/mol. The molecule has 4 rings (SSSR count). The lowest BCUT2D eigenvalue weighted by atomic mass is 10.1. The Morgan fingerprint density at radius 2 is 2.04 bits per heavy atom. The lowest BCUT2D eigenvalue weighted by molar-refractivity contribution is -0.115. The number of nitrogens with one attached hydrogen (secondary N) is 1. The van der Waals surface area contributed by atoms with Crippen molar-refractivity contribution in [1.82, 2.24) is 5.32 Å². The van der Waals surface area contributed by atoms with Gasteiger partial charge in [0, 0.05) is 29.4 Å². The molecule has 1 amide bonds.